The summed E-state index contributed by atoms with van der Waals surface area (Å²) < 4.78 is 29.1. The van der Waals surface area contributed by atoms with Gasteiger partial charge in [-0.05, 0) is 12.0 Å². The van der Waals surface area contributed by atoms with Crippen LogP contribution in [0.3, 0.4) is 0 Å². The second kappa shape index (κ2) is 7.91. The highest BCUT2D eigenvalue weighted by atomic mass is 32.2. The van der Waals surface area contributed by atoms with Crippen molar-refractivity contribution >= 4 is 16.0 Å². The molecule has 0 saturated carbocycles. The second-order valence-corrected chi connectivity index (χ2v) is 4.77. The lowest BCUT2D eigenvalue weighted by Gasteiger charge is -2.04. The van der Waals surface area contributed by atoms with Gasteiger partial charge in [-0.15, -0.1) is 0 Å². The summed E-state index contributed by atoms with van der Waals surface area (Å²) in [6.07, 6.45) is 0.261. The Morgan fingerprint density at radius 3 is 2.81 bits per heavy atom. The average Bonchev–Trinajstić information content (AvgIpc) is 2.24. The number of rotatable bonds is 8. The lowest BCUT2D eigenvalue weighted by atomic mass is 10.3. The second-order valence-electron chi connectivity index (χ2n) is 2.85. The summed E-state index contributed by atoms with van der Waals surface area (Å²) >= 11 is 0. The van der Waals surface area contributed by atoms with Gasteiger partial charge >= 0.3 is 5.97 Å². The zero-order chi connectivity index (χ0) is 12.4. The SMILES string of the molecule is COC(=O)CCCS(=O)(=O)NCCN=[N+]=[N-]. The highest BCUT2D eigenvalue weighted by molar-refractivity contribution is 7.89. The van der Waals surface area contributed by atoms with E-state index in [0.717, 1.165) is 0 Å². The molecule has 0 radical (unpaired) electrons. The molecule has 92 valence electrons. The fraction of sp³-hybridized carbons (Fsp3) is 0.857. The Balaban J connectivity index is 3.78. The molecule has 1 N–H and O–H groups in total. The molecule has 16 heavy (non-hydrogen) atoms. The van der Waals surface area contributed by atoms with Crippen LogP contribution in [0.4, 0.5) is 0 Å². The number of azide groups is 1. The van der Waals surface area contributed by atoms with Crippen molar-refractivity contribution < 1.29 is 17.9 Å². The first-order valence-corrected chi connectivity index (χ1v) is 6.22. The maximum atomic E-state index is 11.3. The van der Waals surface area contributed by atoms with Crippen LogP contribution >= 0.6 is 0 Å². The number of methoxy groups -OCH3 is 1. The summed E-state index contributed by atoms with van der Waals surface area (Å²) in [4.78, 5) is 13.2. The van der Waals surface area contributed by atoms with E-state index < -0.39 is 16.0 Å². The van der Waals surface area contributed by atoms with Crippen molar-refractivity contribution in [2.75, 3.05) is 26.0 Å². The minimum absolute atomic E-state index is 0.0601. The van der Waals surface area contributed by atoms with Gasteiger partial charge in [0.25, 0.3) is 0 Å². The van der Waals surface area contributed by atoms with Crippen molar-refractivity contribution in [1.29, 1.82) is 0 Å². The third-order valence-corrected chi connectivity index (χ3v) is 3.09. The number of carbonyl (C=O) groups excluding carboxylic acids is 1. The maximum Gasteiger partial charge on any atom is 0.305 e. The van der Waals surface area contributed by atoms with Crippen molar-refractivity contribution in [3.63, 3.8) is 0 Å². The molecule has 0 bridgehead atoms. The molecule has 0 aliphatic carbocycles. The van der Waals surface area contributed by atoms with Crippen LogP contribution in [0, 0.1) is 0 Å². The van der Waals surface area contributed by atoms with Gasteiger partial charge in [0.1, 0.15) is 0 Å². The predicted molar refractivity (Wildman–Crippen MR) is 57.1 cm³/mol. The van der Waals surface area contributed by atoms with Gasteiger partial charge in [0, 0.05) is 24.4 Å². The van der Waals surface area contributed by atoms with Gasteiger partial charge in [-0.2, -0.15) is 0 Å². The van der Waals surface area contributed by atoms with E-state index >= 15 is 0 Å². The van der Waals surface area contributed by atoms with Crippen LogP contribution in [0.1, 0.15) is 12.8 Å². The van der Waals surface area contributed by atoms with Crippen LogP contribution in [0.2, 0.25) is 0 Å². The van der Waals surface area contributed by atoms with Crippen LogP contribution in [0.15, 0.2) is 5.11 Å². The van der Waals surface area contributed by atoms with E-state index in [-0.39, 0.29) is 31.7 Å². The first-order valence-electron chi connectivity index (χ1n) is 4.57. The summed E-state index contributed by atoms with van der Waals surface area (Å²) in [6, 6.07) is 0. The molecule has 0 spiro atoms. The molecular formula is C7H14N4O4S. The highest BCUT2D eigenvalue weighted by Gasteiger charge is 2.10. The number of esters is 1. The molecule has 8 nitrogen and oxygen atoms in total. The van der Waals surface area contributed by atoms with Crippen LogP contribution in [-0.2, 0) is 19.6 Å². The van der Waals surface area contributed by atoms with Crippen LogP contribution in [0.25, 0.3) is 10.4 Å². The molecule has 0 aromatic rings. The minimum atomic E-state index is -3.41. The Labute approximate surface area is 93.6 Å². The van der Waals surface area contributed by atoms with E-state index in [1.54, 1.807) is 0 Å². The molecule has 0 amide bonds. The third kappa shape index (κ3) is 8.04. The van der Waals surface area contributed by atoms with Crippen molar-refractivity contribution in [3.8, 4) is 0 Å². The molecule has 0 rings (SSSR count). The Kier molecular flexibility index (Phi) is 7.27. The number of sulfonamides is 1. The van der Waals surface area contributed by atoms with Gasteiger partial charge in [-0.3, -0.25) is 4.79 Å². The normalized spacial score (nSPS) is 10.6. The Morgan fingerprint density at radius 1 is 1.56 bits per heavy atom. The molecule has 0 saturated heterocycles. The van der Waals surface area contributed by atoms with Gasteiger partial charge in [-0.1, -0.05) is 5.11 Å². The van der Waals surface area contributed by atoms with E-state index in [9.17, 15) is 13.2 Å². The Bertz CT molecular complexity index is 361. The van der Waals surface area contributed by atoms with Gasteiger partial charge in [-0.25, -0.2) is 13.1 Å². The molecule has 0 aliphatic heterocycles. The zero-order valence-corrected chi connectivity index (χ0v) is 9.73. The van der Waals surface area contributed by atoms with E-state index in [4.69, 9.17) is 5.53 Å². The van der Waals surface area contributed by atoms with Gasteiger partial charge in [0.05, 0.1) is 12.9 Å². The first kappa shape index (κ1) is 14.7. The molecule has 0 unspecified atom stereocenters. The minimum Gasteiger partial charge on any atom is -0.469 e. The maximum absolute atomic E-state index is 11.3. The summed E-state index contributed by atoms with van der Waals surface area (Å²) in [7, 11) is -2.16. The average molecular weight is 250 g/mol. The molecule has 0 aromatic heterocycles. The summed E-state index contributed by atoms with van der Waals surface area (Å²) in [6.45, 7) is 0.122. The van der Waals surface area contributed by atoms with Crippen LogP contribution in [-0.4, -0.2) is 40.3 Å². The highest BCUT2D eigenvalue weighted by Crippen LogP contribution is 1.96. The monoisotopic (exact) mass is 250 g/mol. The van der Waals surface area contributed by atoms with Crippen molar-refractivity contribution in [1.82, 2.24) is 4.72 Å². The number of hydrogen-bond donors (Lipinski definition) is 1. The van der Waals surface area contributed by atoms with E-state index in [1.165, 1.54) is 7.11 Å². The number of hydrogen-bond acceptors (Lipinski definition) is 5. The third-order valence-electron chi connectivity index (χ3n) is 1.62. The number of ether oxygens (including phenoxy) is 1. The lowest BCUT2D eigenvalue weighted by Crippen LogP contribution is -2.28. The molecule has 0 atom stereocenters. The Morgan fingerprint density at radius 2 is 2.25 bits per heavy atom. The molecule has 0 fully saturated rings. The predicted octanol–water partition coefficient (Wildman–Crippen LogP) is 0.169. The number of carbonyl (C=O) groups is 1. The van der Waals surface area contributed by atoms with E-state index in [0.29, 0.717) is 0 Å². The number of nitrogens with zero attached hydrogens (tertiary/aromatic N) is 3. The molecule has 0 aromatic carbocycles. The quantitative estimate of drug-likeness (QED) is 0.217. The summed E-state index contributed by atoms with van der Waals surface area (Å²) in [5.41, 5.74) is 7.96. The van der Waals surface area contributed by atoms with Gasteiger partial charge < -0.3 is 4.74 Å². The molecule has 0 aliphatic rings. The van der Waals surface area contributed by atoms with E-state index in [2.05, 4.69) is 19.5 Å². The summed E-state index contributed by atoms with van der Waals surface area (Å²) in [5.74, 6) is -0.595. The molecule has 0 heterocycles. The lowest BCUT2D eigenvalue weighted by molar-refractivity contribution is -0.140. The van der Waals surface area contributed by atoms with E-state index in [1.807, 2.05) is 0 Å². The fourth-order valence-electron chi connectivity index (χ4n) is 0.877. The molecular weight excluding hydrogens is 236 g/mol. The first-order chi connectivity index (χ1) is 7.52. The topological polar surface area (TPSA) is 121 Å². The van der Waals surface area contributed by atoms with Gasteiger partial charge in [0.15, 0.2) is 0 Å². The fourth-order valence-corrected chi connectivity index (χ4v) is 1.95. The standard InChI is InChI=1S/C7H14N4O4S/c1-15-7(12)3-2-6-16(13,14)10-5-4-9-11-8/h10H,2-6H2,1H3. The van der Waals surface area contributed by atoms with Crippen molar-refractivity contribution in [2.24, 2.45) is 5.11 Å². The van der Waals surface area contributed by atoms with Crippen LogP contribution < -0.4 is 4.72 Å². The smallest absolute Gasteiger partial charge is 0.305 e. The molecule has 9 heteroatoms. The van der Waals surface area contributed by atoms with Crippen molar-refractivity contribution in [2.45, 2.75) is 12.8 Å². The van der Waals surface area contributed by atoms with Gasteiger partial charge in [0.2, 0.25) is 10.0 Å². The van der Waals surface area contributed by atoms with Crippen molar-refractivity contribution in [3.05, 3.63) is 10.4 Å². The largest absolute Gasteiger partial charge is 0.469 e. The Hall–Kier alpha value is -1.31. The zero-order valence-electron chi connectivity index (χ0n) is 8.92. The number of nitrogens with one attached hydrogen (secondary N) is 1. The summed E-state index contributed by atoms with van der Waals surface area (Å²) in [5, 5.41) is 3.18. The van der Waals surface area contributed by atoms with Crippen LogP contribution in [0.5, 0.6) is 0 Å².